The molecule has 2 atom stereocenters. The number of ether oxygens (including phenoxy) is 1. The monoisotopic (exact) mass is 373 g/mol. The number of amides is 2. The van der Waals surface area contributed by atoms with Crippen LogP contribution in [0.15, 0.2) is 24.3 Å². The first-order valence-corrected chi connectivity index (χ1v) is 9.74. The zero-order chi connectivity index (χ0) is 19.6. The van der Waals surface area contributed by atoms with Crippen molar-refractivity contribution in [2.24, 2.45) is 5.92 Å². The third kappa shape index (κ3) is 4.33. The summed E-state index contributed by atoms with van der Waals surface area (Å²) in [7, 11) is 5.76. The molecule has 2 unspecified atom stereocenters. The molecule has 27 heavy (non-hydrogen) atoms. The van der Waals surface area contributed by atoms with Crippen LogP contribution in [0.1, 0.15) is 30.0 Å². The summed E-state index contributed by atoms with van der Waals surface area (Å²) in [6.45, 7) is 4.86. The topological polar surface area (TPSA) is 53.1 Å². The van der Waals surface area contributed by atoms with E-state index in [0.29, 0.717) is 5.92 Å². The summed E-state index contributed by atoms with van der Waals surface area (Å²) in [6, 6.07) is 7.51. The fourth-order valence-corrected chi connectivity index (χ4v) is 4.15. The molecule has 3 rings (SSSR count). The fourth-order valence-electron chi connectivity index (χ4n) is 4.15. The highest BCUT2D eigenvalue weighted by molar-refractivity contribution is 5.86. The third-order valence-electron chi connectivity index (χ3n) is 5.98. The lowest BCUT2D eigenvalue weighted by Gasteiger charge is -2.41. The predicted octanol–water partition coefficient (Wildman–Crippen LogP) is 1.69. The summed E-state index contributed by atoms with van der Waals surface area (Å²) in [6.07, 6.45) is 1.56. The average molecular weight is 373 g/mol. The molecule has 148 valence electrons. The van der Waals surface area contributed by atoms with Gasteiger partial charge in [0.2, 0.25) is 5.91 Å². The van der Waals surface area contributed by atoms with Crippen molar-refractivity contribution in [1.82, 2.24) is 14.7 Å². The van der Waals surface area contributed by atoms with Gasteiger partial charge in [-0.1, -0.05) is 24.3 Å². The number of morpholine rings is 1. The van der Waals surface area contributed by atoms with Crippen LogP contribution in [0.4, 0.5) is 0 Å². The molecule has 0 bridgehead atoms. The van der Waals surface area contributed by atoms with Gasteiger partial charge in [-0.3, -0.25) is 9.59 Å². The molecule has 0 N–H and O–H groups in total. The molecule has 6 heteroatoms. The molecule has 2 aliphatic heterocycles. The third-order valence-corrected chi connectivity index (χ3v) is 5.98. The Bertz CT molecular complexity index is 685. The molecule has 1 aromatic carbocycles. The quantitative estimate of drug-likeness (QED) is 0.806. The van der Waals surface area contributed by atoms with Crippen molar-refractivity contribution in [3.8, 4) is 0 Å². The second-order valence-electron chi connectivity index (χ2n) is 8.00. The van der Waals surface area contributed by atoms with Crippen molar-refractivity contribution in [3.05, 3.63) is 35.4 Å². The standard InChI is InChI=1S/C21H31N3O3/c1-15-7-5-6-8-17(15)19-20(27-14-18(25)24(19)4)21(26)23(3)13-16-9-11-22(2)12-10-16/h5-8,16,19-20H,9-14H2,1-4H3. The zero-order valence-electron chi connectivity index (χ0n) is 16.9. The minimum absolute atomic E-state index is 0.0402. The first-order chi connectivity index (χ1) is 12.9. The molecule has 2 fully saturated rings. The van der Waals surface area contributed by atoms with Gasteiger partial charge in [0.05, 0.1) is 6.04 Å². The molecule has 0 radical (unpaired) electrons. The van der Waals surface area contributed by atoms with Gasteiger partial charge < -0.3 is 19.4 Å². The van der Waals surface area contributed by atoms with E-state index in [2.05, 4.69) is 11.9 Å². The number of likely N-dealkylation sites (tertiary alicyclic amines) is 1. The molecule has 0 aromatic heterocycles. The highest BCUT2D eigenvalue weighted by Crippen LogP contribution is 2.32. The molecule has 1 aromatic rings. The maximum atomic E-state index is 13.2. The minimum Gasteiger partial charge on any atom is -0.356 e. The Morgan fingerprint density at radius 2 is 1.89 bits per heavy atom. The van der Waals surface area contributed by atoms with Crippen LogP contribution in [0.3, 0.4) is 0 Å². The predicted molar refractivity (Wildman–Crippen MR) is 104 cm³/mol. The second-order valence-corrected chi connectivity index (χ2v) is 8.00. The number of hydrogen-bond donors (Lipinski definition) is 0. The Morgan fingerprint density at radius 3 is 2.56 bits per heavy atom. The smallest absolute Gasteiger partial charge is 0.253 e. The van der Waals surface area contributed by atoms with Gasteiger partial charge in [0, 0.05) is 20.6 Å². The molecule has 2 heterocycles. The molecule has 6 nitrogen and oxygen atoms in total. The van der Waals surface area contributed by atoms with Gasteiger partial charge in [-0.25, -0.2) is 0 Å². The largest absolute Gasteiger partial charge is 0.356 e. The van der Waals surface area contributed by atoms with E-state index < -0.39 is 6.10 Å². The Hall–Kier alpha value is -1.92. The molecule has 2 amide bonds. The number of benzene rings is 1. The average Bonchev–Trinajstić information content (AvgIpc) is 2.66. The Balaban J connectivity index is 1.76. The van der Waals surface area contributed by atoms with E-state index in [1.807, 2.05) is 38.2 Å². The second kappa shape index (κ2) is 8.40. The number of likely N-dealkylation sites (N-methyl/N-ethyl adjacent to an activating group) is 2. The maximum Gasteiger partial charge on any atom is 0.253 e. The minimum atomic E-state index is -0.662. The van der Waals surface area contributed by atoms with Crippen LogP contribution in [0.5, 0.6) is 0 Å². The molecule has 2 saturated heterocycles. The van der Waals surface area contributed by atoms with E-state index in [9.17, 15) is 9.59 Å². The van der Waals surface area contributed by atoms with Crippen LogP contribution >= 0.6 is 0 Å². The van der Waals surface area contributed by atoms with E-state index in [4.69, 9.17) is 4.74 Å². The van der Waals surface area contributed by atoms with Crippen molar-refractivity contribution in [2.75, 3.05) is 47.4 Å². The van der Waals surface area contributed by atoms with Crippen LogP contribution in [-0.4, -0.2) is 80.0 Å². The van der Waals surface area contributed by atoms with Crippen molar-refractivity contribution in [1.29, 1.82) is 0 Å². The van der Waals surface area contributed by atoms with E-state index >= 15 is 0 Å². The summed E-state index contributed by atoms with van der Waals surface area (Å²) in [5, 5.41) is 0. The summed E-state index contributed by atoms with van der Waals surface area (Å²) < 4.78 is 5.78. The van der Waals surface area contributed by atoms with Crippen LogP contribution in [-0.2, 0) is 14.3 Å². The number of rotatable bonds is 4. The summed E-state index contributed by atoms with van der Waals surface area (Å²) >= 11 is 0. The first-order valence-electron chi connectivity index (χ1n) is 9.74. The Morgan fingerprint density at radius 1 is 1.22 bits per heavy atom. The van der Waals surface area contributed by atoms with E-state index in [-0.39, 0.29) is 24.5 Å². The zero-order valence-corrected chi connectivity index (χ0v) is 16.9. The number of carbonyl (C=O) groups excluding carboxylic acids is 2. The van der Waals surface area contributed by atoms with Crippen molar-refractivity contribution < 1.29 is 14.3 Å². The Labute approximate surface area is 162 Å². The van der Waals surface area contributed by atoms with E-state index in [0.717, 1.165) is 43.6 Å². The summed E-state index contributed by atoms with van der Waals surface area (Å²) in [5.74, 6) is 0.391. The fraction of sp³-hybridized carbons (Fsp3) is 0.619. The number of aryl methyl sites for hydroxylation is 1. The highest BCUT2D eigenvalue weighted by atomic mass is 16.5. The van der Waals surface area contributed by atoms with Gasteiger partial charge in [-0.15, -0.1) is 0 Å². The molecule has 0 saturated carbocycles. The van der Waals surface area contributed by atoms with Crippen LogP contribution in [0, 0.1) is 12.8 Å². The molecular weight excluding hydrogens is 342 g/mol. The van der Waals surface area contributed by atoms with Crippen molar-refractivity contribution >= 4 is 11.8 Å². The number of piperidine rings is 1. The van der Waals surface area contributed by atoms with Gasteiger partial charge in [-0.2, -0.15) is 0 Å². The SMILES string of the molecule is Cc1ccccc1C1C(C(=O)N(C)CC2CCN(C)CC2)OCC(=O)N1C. The Kier molecular flexibility index (Phi) is 6.17. The summed E-state index contributed by atoms with van der Waals surface area (Å²) in [5.41, 5.74) is 2.03. The lowest BCUT2D eigenvalue weighted by atomic mass is 9.93. The molecule has 0 aliphatic carbocycles. The van der Waals surface area contributed by atoms with E-state index in [1.165, 1.54) is 0 Å². The van der Waals surface area contributed by atoms with Gasteiger partial charge in [0.25, 0.3) is 5.91 Å². The number of hydrogen-bond acceptors (Lipinski definition) is 4. The van der Waals surface area contributed by atoms with Crippen LogP contribution < -0.4 is 0 Å². The van der Waals surface area contributed by atoms with Gasteiger partial charge in [0.15, 0.2) is 6.10 Å². The summed E-state index contributed by atoms with van der Waals surface area (Å²) in [4.78, 5) is 31.3. The normalized spacial score (nSPS) is 24.9. The number of nitrogens with zero attached hydrogens (tertiary/aromatic N) is 3. The molecule has 0 spiro atoms. The maximum absolute atomic E-state index is 13.2. The van der Waals surface area contributed by atoms with Gasteiger partial charge >= 0.3 is 0 Å². The lowest BCUT2D eigenvalue weighted by Crippen LogP contribution is -2.54. The van der Waals surface area contributed by atoms with Crippen molar-refractivity contribution in [3.63, 3.8) is 0 Å². The van der Waals surface area contributed by atoms with Crippen LogP contribution in [0.2, 0.25) is 0 Å². The molecular formula is C21H31N3O3. The van der Waals surface area contributed by atoms with E-state index in [1.54, 1.807) is 16.8 Å². The number of carbonyl (C=O) groups is 2. The highest BCUT2D eigenvalue weighted by Gasteiger charge is 2.42. The first kappa shape index (κ1) is 19.8. The van der Waals surface area contributed by atoms with Crippen LogP contribution in [0.25, 0.3) is 0 Å². The van der Waals surface area contributed by atoms with Crippen molar-refractivity contribution in [2.45, 2.75) is 31.9 Å². The molecule has 2 aliphatic rings. The lowest BCUT2D eigenvalue weighted by molar-refractivity contribution is -0.167. The van der Waals surface area contributed by atoms with Gasteiger partial charge in [-0.05, 0) is 56.9 Å². The van der Waals surface area contributed by atoms with Gasteiger partial charge in [0.1, 0.15) is 6.61 Å².